The smallest absolute Gasteiger partial charge is 0.377 e. The average molecular weight is 156 g/mol. The molecule has 3 N–H and O–H groups in total. The van der Waals surface area contributed by atoms with Crippen LogP contribution in [-0.2, 0) is 0 Å². The van der Waals surface area contributed by atoms with Crippen LogP contribution in [0.3, 0.4) is 0 Å². The van der Waals surface area contributed by atoms with Crippen LogP contribution in [0, 0.1) is 0 Å². The molecular weight excluding hydrogens is 149 g/mol. The molecule has 0 saturated carbocycles. The fraction of sp³-hybridized carbons (Fsp3) is 1.00. The Hall–Kier alpha value is -0.330. The highest BCUT2D eigenvalue weighted by molar-refractivity contribution is 4.80. The lowest BCUT2D eigenvalue weighted by Crippen LogP contribution is -2.41. The number of nitrogens with one attached hydrogen (secondary N) is 2. The first-order valence-electron chi connectivity index (χ1n) is 2.76. The van der Waals surface area contributed by atoms with Crippen LogP contribution in [0.25, 0.3) is 0 Å². The van der Waals surface area contributed by atoms with Crippen molar-refractivity contribution in [3.05, 3.63) is 0 Å². The highest BCUT2D eigenvalue weighted by atomic mass is 19.4. The van der Waals surface area contributed by atoms with Crippen LogP contribution in [0.4, 0.5) is 13.2 Å². The molecule has 1 fully saturated rings. The highest BCUT2D eigenvalue weighted by Crippen LogP contribution is 2.24. The molecule has 0 amide bonds. The van der Waals surface area contributed by atoms with Gasteiger partial charge in [-0.05, 0) is 0 Å². The number of hydrogen-bond donors (Lipinski definition) is 3. The summed E-state index contributed by atoms with van der Waals surface area (Å²) in [4.78, 5) is 0. The van der Waals surface area contributed by atoms with Crippen LogP contribution in [0.1, 0.15) is 6.42 Å². The van der Waals surface area contributed by atoms with Crippen molar-refractivity contribution in [2.75, 3.05) is 0 Å². The number of halogens is 3. The van der Waals surface area contributed by atoms with E-state index < -0.39 is 18.4 Å². The van der Waals surface area contributed by atoms with Gasteiger partial charge in [0.15, 0.2) is 0 Å². The first-order valence-corrected chi connectivity index (χ1v) is 2.76. The Morgan fingerprint density at radius 3 is 2.10 bits per heavy atom. The summed E-state index contributed by atoms with van der Waals surface area (Å²) in [5, 5.41) is 8.59. The molecule has 1 aliphatic heterocycles. The van der Waals surface area contributed by atoms with Gasteiger partial charge in [0.2, 0.25) is 0 Å². The lowest BCUT2D eigenvalue weighted by atomic mass is 10.2. The van der Waals surface area contributed by atoms with Gasteiger partial charge in [0.1, 0.15) is 12.3 Å². The SMILES string of the molecule is O[C@H]1C[C@@H](C(F)(F)F)NN1. The van der Waals surface area contributed by atoms with Gasteiger partial charge in [-0.25, -0.2) is 10.9 Å². The number of hydrazine groups is 1. The maximum atomic E-state index is 11.7. The zero-order valence-corrected chi connectivity index (χ0v) is 4.94. The summed E-state index contributed by atoms with van der Waals surface area (Å²) >= 11 is 0. The number of aliphatic hydroxyl groups is 1. The second kappa shape index (κ2) is 2.37. The Morgan fingerprint density at radius 1 is 1.30 bits per heavy atom. The van der Waals surface area contributed by atoms with Gasteiger partial charge >= 0.3 is 6.18 Å². The van der Waals surface area contributed by atoms with E-state index in [9.17, 15) is 13.2 Å². The number of hydrogen-bond acceptors (Lipinski definition) is 3. The molecule has 0 unspecified atom stereocenters. The third-order valence-electron chi connectivity index (χ3n) is 1.28. The van der Waals surface area contributed by atoms with E-state index in [-0.39, 0.29) is 6.42 Å². The standard InChI is InChI=1S/C4H7F3N2O/c5-4(6,7)2-1-3(10)9-8-2/h2-3,8-10H,1H2/t2-,3-/m0/s1. The zero-order chi connectivity index (χ0) is 7.78. The van der Waals surface area contributed by atoms with Crippen LogP contribution in [0.5, 0.6) is 0 Å². The summed E-state index contributed by atoms with van der Waals surface area (Å²) < 4.78 is 35.2. The summed E-state index contributed by atoms with van der Waals surface area (Å²) in [6.07, 6.45) is -5.69. The molecule has 1 heterocycles. The Bertz CT molecular complexity index is 126. The van der Waals surface area contributed by atoms with Gasteiger partial charge in [0.05, 0.1) is 0 Å². The fourth-order valence-corrected chi connectivity index (χ4v) is 0.753. The lowest BCUT2D eigenvalue weighted by molar-refractivity contribution is -0.153. The van der Waals surface area contributed by atoms with E-state index in [1.54, 1.807) is 0 Å². The van der Waals surface area contributed by atoms with Gasteiger partial charge in [0.25, 0.3) is 0 Å². The Balaban J connectivity index is 2.45. The molecule has 1 saturated heterocycles. The van der Waals surface area contributed by atoms with E-state index in [2.05, 4.69) is 5.43 Å². The van der Waals surface area contributed by atoms with Crippen molar-refractivity contribution in [3.8, 4) is 0 Å². The summed E-state index contributed by atoms with van der Waals surface area (Å²) in [5.74, 6) is 0. The molecule has 0 aliphatic carbocycles. The number of aliphatic hydroxyl groups excluding tert-OH is 1. The minimum atomic E-state index is -4.27. The average Bonchev–Trinajstić information content (AvgIpc) is 2.11. The summed E-state index contributed by atoms with van der Waals surface area (Å²) in [7, 11) is 0. The van der Waals surface area contributed by atoms with Gasteiger partial charge in [-0.15, -0.1) is 0 Å². The quantitative estimate of drug-likeness (QED) is 0.452. The van der Waals surface area contributed by atoms with Crippen LogP contribution >= 0.6 is 0 Å². The van der Waals surface area contributed by atoms with Crippen LogP contribution in [0.15, 0.2) is 0 Å². The third kappa shape index (κ3) is 1.59. The second-order valence-electron chi connectivity index (χ2n) is 2.13. The van der Waals surface area contributed by atoms with Crippen molar-refractivity contribution in [1.82, 2.24) is 10.9 Å². The van der Waals surface area contributed by atoms with Crippen molar-refractivity contribution in [2.24, 2.45) is 0 Å². The van der Waals surface area contributed by atoms with Crippen LogP contribution < -0.4 is 10.9 Å². The molecule has 0 bridgehead atoms. The largest absolute Gasteiger partial charge is 0.405 e. The van der Waals surface area contributed by atoms with E-state index in [0.717, 1.165) is 0 Å². The van der Waals surface area contributed by atoms with Crippen molar-refractivity contribution in [1.29, 1.82) is 0 Å². The summed E-state index contributed by atoms with van der Waals surface area (Å²) in [6, 6.07) is -1.62. The van der Waals surface area contributed by atoms with Gasteiger partial charge in [-0.3, -0.25) is 0 Å². The molecule has 0 aromatic heterocycles. The minimum Gasteiger partial charge on any atom is -0.377 e. The molecule has 0 spiro atoms. The van der Waals surface area contributed by atoms with E-state index in [1.165, 1.54) is 0 Å². The van der Waals surface area contributed by atoms with Gasteiger partial charge in [0, 0.05) is 6.42 Å². The monoisotopic (exact) mass is 156 g/mol. The zero-order valence-electron chi connectivity index (χ0n) is 4.94. The van der Waals surface area contributed by atoms with Crippen molar-refractivity contribution < 1.29 is 18.3 Å². The van der Waals surface area contributed by atoms with E-state index in [0.29, 0.717) is 0 Å². The second-order valence-corrected chi connectivity index (χ2v) is 2.13. The van der Waals surface area contributed by atoms with Crippen molar-refractivity contribution in [3.63, 3.8) is 0 Å². The van der Waals surface area contributed by atoms with Crippen LogP contribution in [-0.4, -0.2) is 23.6 Å². The molecule has 0 aromatic carbocycles. The molecule has 1 aliphatic rings. The predicted molar refractivity (Wildman–Crippen MR) is 26.7 cm³/mol. The normalized spacial score (nSPS) is 34.8. The topological polar surface area (TPSA) is 44.3 Å². The summed E-state index contributed by atoms with van der Waals surface area (Å²) in [6.45, 7) is 0. The summed E-state index contributed by atoms with van der Waals surface area (Å²) in [5.41, 5.74) is 3.98. The van der Waals surface area contributed by atoms with Gasteiger partial charge in [-0.1, -0.05) is 0 Å². The van der Waals surface area contributed by atoms with Gasteiger partial charge in [-0.2, -0.15) is 13.2 Å². The highest BCUT2D eigenvalue weighted by Gasteiger charge is 2.43. The molecular formula is C4H7F3N2O. The molecule has 0 radical (unpaired) electrons. The number of rotatable bonds is 0. The molecule has 3 nitrogen and oxygen atoms in total. The minimum absolute atomic E-state index is 0.330. The molecule has 10 heavy (non-hydrogen) atoms. The maximum absolute atomic E-state index is 11.7. The van der Waals surface area contributed by atoms with Crippen molar-refractivity contribution in [2.45, 2.75) is 24.9 Å². The molecule has 2 atom stereocenters. The van der Waals surface area contributed by atoms with E-state index in [4.69, 9.17) is 5.11 Å². The Labute approximate surface area is 55.2 Å². The predicted octanol–water partition coefficient (Wildman–Crippen LogP) is -0.266. The first kappa shape index (κ1) is 7.77. The van der Waals surface area contributed by atoms with E-state index >= 15 is 0 Å². The van der Waals surface area contributed by atoms with Crippen molar-refractivity contribution >= 4 is 0 Å². The number of alkyl halides is 3. The molecule has 1 rings (SSSR count). The lowest BCUT2D eigenvalue weighted by Gasteiger charge is -2.12. The van der Waals surface area contributed by atoms with Crippen LogP contribution in [0.2, 0.25) is 0 Å². The fourth-order valence-electron chi connectivity index (χ4n) is 0.753. The first-order chi connectivity index (χ1) is 4.50. The maximum Gasteiger partial charge on any atom is 0.405 e. The Morgan fingerprint density at radius 2 is 1.90 bits per heavy atom. The molecule has 60 valence electrons. The Kier molecular flexibility index (Phi) is 1.84. The third-order valence-corrected chi connectivity index (χ3v) is 1.28. The van der Waals surface area contributed by atoms with E-state index in [1.807, 2.05) is 5.43 Å². The molecule has 6 heteroatoms. The molecule has 0 aromatic rings. The van der Waals surface area contributed by atoms with Gasteiger partial charge < -0.3 is 5.11 Å².